The third-order valence-corrected chi connectivity index (χ3v) is 5.45. The molecule has 1 saturated heterocycles. The first-order chi connectivity index (χ1) is 13.1. The second-order valence-electron chi connectivity index (χ2n) is 6.82. The first-order valence-corrected chi connectivity index (χ1v) is 9.55. The zero-order valence-corrected chi connectivity index (χ0v) is 16.4. The van der Waals surface area contributed by atoms with E-state index in [1.165, 1.54) is 5.56 Å². The van der Waals surface area contributed by atoms with Crippen molar-refractivity contribution in [2.75, 3.05) is 19.8 Å². The molecule has 0 amide bonds. The van der Waals surface area contributed by atoms with E-state index in [9.17, 15) is 0 Å². The summed E-state index contributed by atoms with van der Waals surface area (Å²) in [6.07, 6.45) is 1.79. The molecule has 5 nitrogen and oxygen atoms in total. The van der Waals surface area contributed by atoms with Gasteiger partial charge in [-0.15, -0.1) is 0 Å². The number of morpholine rings is 1. The molecule has 1 fully saturated rings. The fourth-order valence-corrected chi connectivity index (χ4v) is 3.96. The van der Waals surface area contributed by atoms with Crippen LogP contribution in [0, 0.1) is 13.8 Å². The number of aromatic nitrogens is 3. The quantitative estimate of drug-likeness (QED) is 0.681. The van der Waals surface area contributed by atoms with E-state index in [0.29, 0.717) is 24.8 Å². The van der Waals surface area contributed by atoms with Gasteiger partial charge >= 0.3 is 0 Å². The Kier molecular flexibility index (Phi) is 5.25. The van der Waals surface area contributed by atoms with Crippen LogP contribution in [0.15, 0.2) is 48.7 Å². The Morgan fingerprint density at radius 1 is 1.15 bits per heavy atom. The van der Waals surface area contributed by atoms with E-state index in [1.54, 1.807) is 6.20 Å². The van der Waals surface area contributed by atoms with Crippen LogP contribution in [0.4, 0.5) is 0 Å². The topological polar surface area (TPSA) is 43.2 Å². The van der Waals surface area contributed by atoms with Gasteiger partial charge in [0.05, 0.1) is 41.4 Å². The number of hydrogen-bond acceptors (Lipinski definition) is 4. The molecule has 1 aromatic carbocycles. The molecular weight excluding hydrogens is 360 g/mol. The highest BCUT2D eigenvalue weighted by Gasteiger charge is 2.30. The zero-order valence-electron chi connectivity index (χ0n) is 15.6. The van der Waals surface area contributed by atoms with Gasteiger partial charge in [-0.1, -0.05) is 29.8 Å². The van der Waals surface area contributed by atoms with Gasteiger partial charge in [0.15, 0.2) is 0 Å². The minimum atomic E-state index is 0.134. The predicted molar refractivity (Wildman–Crippen MR) is 106 cm³/mol. The molecule has 0 aliphatic carbocycles. The highest BCUT2D eigenvalue weighted by molar-refractivity contribution is 6.31. The maximum atomic E-state index is 6.35. The maximum Gasteiger partial charge on any atom is 0.0730 e. The summed E-state index contributed by atoms with van der Waals surface area (Å²) in [5.41, 5.74) is 5.37. The molecule has 0 N–H and O–H groups in total. The molecule has 4 rings (SSSR count). The van der Waals surface area contributed by atoms with Gasteiger partial charge in [0.25, 0.3) is 0 Å². The Morgan fingerprint density at radius 3 is 2.74 bits per heavy atom. The first-order valence-electron chi connectivity index (χ1n) is 9.18. The third-order valence-electron chi connectivity index (χ3n) is 5.11. The SMILES string of the molecule is Cc1nn(-c2ccccc2)c(C)c1C1COCCN1Cc1ncccc1Cl. The van der Waals surface area contributed by atoms with Crippen molar-refractivity contribution >= 4 is 11.6 Å². The van der Waals surface area contributed by atoms with Crippen molar-refractivity contribution in [3.8, 4) is 5.69 Å². The maximum absolute atomic E-state index is 6.35. The first kappa shape index (κ1) is 18.2. The Labute approximate surface area is 164 Å². The fourth-order valence-electron chi connectivity index (χ4n) is 3.78. The third kappa shape index (κ3) is 3.63. The van der Waals surface area contributed by atoms with Gasteiger partial charge in [-0.05, 0) is 38.1 Å². The Morgan fingerprint density at radius 2 is 1.96 bits per heavy atom. The minimum Gasteiger partial charge on any atom is -0.378 e. The molecule has 0 saturated carbocycles. The van der Waals surface area contributed by atoms with Crippen LogP contribution < -0.4 is 0 Å². The Balaban J connectivity index is 1.68. The van der Waals surface area contributed by atoms with Gasteiger partial charge in [0.1, 0.15) is 0 Å². The van der Waals surface area contributed by atoms with Crippen LogP contribution in [0.2, 0.25) is 5.02 Å². The summed E-state index contributed by atoms with van der Waals surface area (Å²) >= 11 is 6.35. The van der Waals surface area contributed by atoms with Crippen LogP contribution in [0.5, 0.6) is 0 Å². The lowest BCUT2D eigenvalue weighted by Gasteiger charge is -2.35. The van der Waals surface area contributed by atoms with Crippen molar-refractivity contribution in [2.24, 2.45) is 0 Å². The average molecular weight is 383 g/mol. The molecule has 0 spiro atoms. The van der Waals surface area contributed by atoms with Gasteiger partial charge < -0.3 is 4.74 Å². The van der Waals surface area contributed by atoms with Gasteiger partial charge in [-0.25, -0.2) is 4.68 Å². The van der Waals surface area contributed by atoms with Gasteiger partial charge in [-0.2, -0.15) is 5.10 Å². The number of rotatable bonds is 4. The van der Waals surface area contributed by atoms with Crippen LogP contribution in [0.1, 0.15) is 28.7 Å². The van der Waals surface area contributed by atoms with E-state index in [1.807, 2.05) is 35.0 Å². The van der Waals surface area contributed by atoms with Gasteiger partial charge in [0.2, 0.25) is 0 Å². The van der Waals surface area contributed by atoms with Crippen LogP contribution >= 0.6 is 11.6 Å². The summed E-state index contributed by atoms with van der Waals surface area (Å²) in [5, 5.41) is 5.51. The fraction of sp³-hybridized carbons (Fsp3) is 0.333. The Hall–Kier alpha value is -2.21. The molecule has 1 atom stereocenters. The summed E-state index contributed by atoms with van der Waals surface area (Å²) in [4.78, 5) is 6.86. The zero-order chi connectivity index (χ0) is 18.8. The molecule has 2 aromatic heterocycles. The van der Waals surface area contributed by atoms with E-state index in [0.717, 1.165) is 29.3 Å². The molecule has 0 bridgehead atoms. The highest BCUT2D eigenvalue weighted by Crippen LogP contribution is 2.32. The number of nitrogens with zero attached hydrogens (tertiary/aromatic N) is 4. The van der Waals surface area contributed by atoms with Crippen LogP contribution in [-0.2, 0) is 11.3 Å². The van der Waals surface area contributed by atoms with E-state index in [4.69, 9.17) is 21.4 Å². The summed E-state index contributed by atoms with van der Waals surface area (Å²) in [7, 11) is 0. The summed E-state index contributed by atoms with van der Waals surface area (Å²) < 4.78 is 7.85. The molecule has 0 radical (unpaired) electrons. The molecule has 1 aliphatic rings. The predicted octanol–water partition coefficient (Wildman–Crippen LogP) is 4.11. The van der Waals surface area contributed by atoms with Crippen molar-refractivity contribution in [3.05, 3.63) is 76.3 Å². The lowest BCUT2D eigenvalue weighted by atomic mass is 10.0. The summed E-state index contributed by atoms with van der Waals surface area (Å²) in [6.45, 7) is 7.10. The van der Waals surface area contributed by atoms with Crippen molar-refractivity contribution in [3.63, 3.8) is 0 Å². The minimum absolute atomic E-state index is 0.134. The lowest BCUT2D eigenvalue weighted by Crippen LogP contribution is -2.39. The number of ether oxygens (including phenoxy) is 1. The van der Waals surface area contributed by atoms with Crippen molar-refractivity contribution in [2.45, 2.75) is 26.4 Å². The second kappa shape index (κ2) is 7.80. The van der Waals surface area contributed by atoms with E-state index in [-0.39, 0.29) is 6.04 Å². The number of aryl methyl sites for hydroxylation is 1. The number of benzene rings is 1. The summed E-state index contributed by atoms with van der Waals surface area (Å²) in [6, 6.07) is 14.1. The lowest BCUT2D eigenvalue weighted by molar-refractivity contribution is -0.0137. The second-order valence-corrected chi connectivity index (χ2v) is 7.23. The van der Waals surface area contributed by atoms with Gasteiger partial charge in [-0.3, -0.25) is 9.88 Å². The standard InChI is InChI=1S/C21H23ClN4O/c1-15-21(16(2)26(24-15)17-7-4-3-5-8-17)20-14-27-12-11-25(20)13-19-18(22)9-6-10-23-19/h3-10,20H,11-14H2,1-2H3. The van der Waals surface area contributed by atoms with E-state index < -0.39 is 0 Å². The molecule has 3 heterocycles. The summed E-state index contributed by atoms with van der Waals surface area (Å²) in [5.74, 6) is 0. The van der Waals surface area contributed by atoms with Crippen LogP contribution in [-0.4, -0.2) is 39.4 Å². The molecule has 6 heteroatoms. The highest BCUT2D eigenvalue weighted by atomic mass is 35.5. The van der Waals surface area contributed by atoms with E-state index in [2.05, 4.69) is 35.9 Å². The number of halogens is 1. The van der Waals surface area contributed by atoms with Crippen molar-refractivity contribution < 1.29 is 4.74 Å². The van der Waals surface area contributed by atoms with Crippen LogP contribution in [0.25, 0.3) is 5.69 Å². The largest absolute Gasteiger partial charge is 0.378 e. The molecular formula is C21H23ClN4O. The molecule has 27 heavy (non-hydrogen) atoms. The average Bonchev–Trinajstić information content (AvgIpc) is 2.99. The molecule has 140 valence electrons. The molecule has 3 aromatic rings. The molecule has 1 unspecified atom stereocenters. The van der Waals surface area contributed by atoms with Crippen LogP contribution in [0.3, 0.4) is 0 Å². The van der Waals surface area contributed by atoms with E-state index >= 15 is 0 Å². The number of para-hydroxylation sites is 1. The monoisotopic (exact) mass is 382 g/mol. The smallest absolute Gasteiger partial charge is 0.0730 e. The molecule has 1 aliphatic heterocycles. The Bertz CT molecular complexity index is 925. The number of pyridine rings is 1. The van der Waals surface area contributed by atoms with Crippen molar-refractivity contribution in [1.29, 1.82) is 0 Å². The normalized spacial score (nSPS) is 18.0. The number of hydrogen-bond donors (Lipinski definition) is 0. The van der Waals surface area contributed by atoms with Gasteiger partial charge in [0, 0.05) is 30.5 Å². The van der Waals surface area contributed by atoms with Crippen molar-refractivity contribution in [1.82, 2.24) is 19.7 Å².